The van der Waals surface area contributed by atoms with Crippen LogP contribution in [0.2, 0.25) is 0 Å². The van der Waals surface area contributed by atoms with Crippen molar-refractivity contribution in [2.45, 2.75) is 12.8 Å². The topological polar surface area (TPSA) is 127 Å². The van der Waals surface area contributed by atoms with Crippen LogP contribution in [-0.2, 0) is 28.7 Å². The fraction of sp³-hybridized carbons (Fsp3) is 0.600. The van der Waals surface area contributed by atoms with E-state index in [-0.39, 0.29) is 0 Å². The van der Waals surface area contributed by atoms with E-state index in [2.05, 4.69) is 9.47 Å². The molecular weight excluding hydrogens is 248 g/mol. The Hall–Kier alpha value is -2.12. The molecule has 0 aromatic carbocycles. The summed E-state index contributed by atoms with van der Waals surface area (Å²) in [5.74, 6) is -5.18. The van der Waals surface area contributed by atoms with Gasteiger partial charge in [0.05, 0.1) is 14.2 Å². The van der Waals surface area contributed by atoms with Gasteiger partial charge in [0.15, 0.2) is 10.8 Å². The van der Waals surface area contributed by atoms with Crippen molar-refractivity contribution in [3.8, 4) is 0 Å². The highest BCUT2D eigenvalue weighted by Gasteiger charge is 2.72. The zero-order chi connectivity index (χ0) is 14.1. The number of carbonyl (C=O) groups is 4. The van der Waals surface area contributed by atoms with Crippen LogP contribution in [0.4, 0.5) is 0 Å². The van der Waals surface area contributed by atoms with E-state index in [0.29, 0.717) is 0 Å². The van der Waals surface area contributed by atoms with Gasteiger partial charge in [-0.3, -0.25) is 19.2 Å². The number of carbonyl (C=O) groups excluding carboxylic acids is 2. The Bertz CT molecular complexity index is 380. The van der Waals surface area contributed by atoms with Crippen LogP contribution < -0.4 is 0 Å². The predicted molar refractivity (Wildman–Crippen MR) is 53.4 cm³/mol. The lowest BCUT2D eigenvalue weighted by molar-refractivity contribution is -0.200. The first-order valence-electron chi connectivity index (χ1n) is 4.90. The second kappa shape index (κ2) is 4.28. The molecule has 0 atom stereocenters. The van der Waals surface area contributed by atoms with E-state index in [1.807, 2.05) is 0 Å². The monoisotopic (exact) mass is 260 g/mol. The van der Waals surface area contributed by atoms with Gasteiger partial charge in [-0.1, -0.05) is 0 Å². The number of rotatable bonds is 4. The molecule has 8 heteroatoms. The molecule has 0 radical (unpaired) electrons. The van der Waals surface area contributed by atoms with Crippen LogP contribution in [0.25, 0.3) is 0 Å². The van der Waals surface area contributed by atoms with Gasteiger partial charge in [-0.15, -0.1) is 0 Å². The van der Waals surface area contributed by atoms with E-state index >= 15 is 0 Å². The summed E-state index contributed by atoms with van der Waals surface area (Å²) in [6.45, 7) is 0. The molecule has 1 aliphatic rings. The van der Waals surface area contributed by atoms with E-state index in [0.717, 1.165) is 14.2 Å². The third kappa shape index (κ3) is 1.60. The number of hydrogen-bond acceptors (Lipinski definition) is 6. The minimum absolute atomic E-state index is 0.677. The highest BCUT2D eigenvalue weighted by atomic mass is 16.5. The maximum absolute atomic E-state index is 11.4. The third-order valence-corrected chi connectivity index (χ3v) is 3.18. The van der Waals surface area contributed by atoms with E-state index in [1.165, 1.54) is 0 Å². The maximum Gasteiger partial charge on any atom is 0.323 e. The largest absolute Gasteiger partial charge is 0.480 e. The van der Waals surface area contributed by atoms with Gasteiger partial charge >= 0.3 is 23.9 Å². The van der Waals surface area contributed by atoms with Gasteiger partial charge in [0, 0.05) is 12.8 Å². The average molecular weight is 260 g/mol. The summed E-state index contributed by atoms with van der Waals surface area (Å²) in [7, 11) is 1.98. The van der Waals surface area contributed by atoms with Crippen LogP contribution in [0.1, 0.15) is 12.8 Å². The Morgan fingerprint density at radius 3 is 1.28 bits per heavy atom. The van der Waals surface area contributed by atoms with E-state index in [9.17, 15) is 19.2 Å². The van der Waals surface area contributed by atoms with Crippen LogP contribution in [0.3, 0.4) is 0 Å². The summed E-state index contributed by atoms with van der Waals surface area (Å²) >= 11 is 0. The van der Waals surface area contributed by atoms with Gasteiger partial charge in [-0.25, -0.2) is 0 Å². The summed E-state index contributed by atoms with van der Waals surface area (Å²) < 4.78 is 8.68. The summed E-state index contributed by atoms with van der Waals surface area (Å²) in [4.78, 5) is 45.0. The molecule has 0 unspecified atom stereocenters. The molecule has 0 aromatic rings. The third-order valence-electron chi connectivity index (χ3n) is 3.18. The first-order chi connectivity index (χ1) is 8.26. The molecule has 1 aliphatic carbocycles. The maximum atomic E-state index is 11.4. The number of methoxy groups -OCH3 is 2. The van der Waals surface area contributed by atoms with Crippen molar-refractivity contribution in [1.29, 1.82) is 0 Å². The molecule has 1 rings (SSSR count). The van der Waals surface area contributed by atoms with Crippen molar-refractivity contribution in [2.75, 3.05) is 14.2 Å². The van der Waals surface area contributed by atoms with Gasteiger partial charge < -0.3 is 19.7 Å². The van der Waals surface area contributed by atoms with Crippen molar-refractivity contribution >= 4 is 23.9 Å². The van der Waals surface area contributed by atoms with Crippen molar-refractivity contribution in [1.82, 2.24) is 0 Å². The molecule has 0 heterocycles. The average Bonchev–Trinajstić information content (AvgIpc) is 2.26. The predicted octanol–water partition coefficient (Wildman–Crippen LogP) is -0.732. The Morgan fingerprint density at radius 2 is 1.11 bits per heavy atom. The van der Waals surface area contributed by atoms with Crippen molar-refractivity contribution in [3.05, 3.63) is 0 Å². The normalized spacial score (nSPS) is 29.9. The van der Waals surface area contributed by atoms with Crippen molar-refractivity contribution in [3.63, 3.8) is 0 Å². The standard InChI is InChI=1S/C10H12O8/c1-17-7(15)9(5(11)12)3-10(4-9,6(13)14)8(16)18-2/h3-4H2,1-2H3,(H,11,12)(H,13,14). The lowest BCUT2D eigenvalue weighted by Gasteiger charge is -2.46. The van der Waals surface area contributed by atoms with Crippen LogP contribution in [0.15, 0.2) is 0 Å². The van der Waals surface area contributed by atoms with Crippen LogP contribution >= 0.6 is 0 Å². The zero-order valence-corrected chi connectivity index (χ0v) is 9.76. The summed E-state index contributed by atoms with van der Waals surface area (Å²) in [5.41, 5.74) is -4.00. The first kappa shape index (κ1) is 13.9. The summed E-state index contributed by atoms with van der Waals surface area (Å²) in [6, 6.07) is 0. The second-order valence-corrected chi connectivity index (χ2v) is 4.11. The Morgan fingerprint density at radius 1 is 0.833 bits per heavy atom. The van der Waals surface area contributed by atoms with Crippen LogP contribution in [0, 0.1) is 10.8 Å². The Labute approximate surface area is 101 Å². The summed E-state index contributed by atoms with van der Waals surface area (Å²) in [6.07, 6.45) is -1.35. The molecule has 1 fully saturated rings. The number of carboxylic acids is 2. The Balaban J connectivity index is 3.10. The molecule has 100 valence electrons. The van der Waals surface area contributed by atoms with E-state index in [4.69, 9.17) is 10.2 Å². The fourth-order valence-corrected chi connectivity index (χ4v) is 2.14. The molecule has 2 N–H and O–H groups in total. The van der Waals surface area contributed by atoms with Gasteiger partial charge in [0.25, 0.3) is 0 Å². The first-order valence-corrected chi connectivity index (χ1v) is 4.90. The quantitative estimate of drug-likeness (QED) is 0.500. The summed E-state index contributed by atoms with van der Waals surface area (Å²) in [5, 5.41) is 18.0. The molecule has 0 saturated heterocycles. The number of esters is 2. The number of ether oxygens (including phenoxy) is 2. The molecule has 0 amide bonds. The molecule has 0 aromatic heterocycles. The molecule has 0 bridgehead atoms. The van der Waals surface area contributed by atoms with Crippen LogP contribution in [-0.4, -0.2) is 48.3 Å². The SMILES string of the molecule is COC(=O)C1(C(=O)O)CC(C(=O)O)(C(=O)OC)C1. The minimum Gasteiger partial charge on any atom is -0.480 e. The molecule has 0 aliphatic heterocycles. The lowest BCUT2D eigenvalue weighted by Crippen LogP contribution is -2.62. The number of carboxylic acid groups (broad SMARTS) is 2. The molecule has 1 saturated carbocycles. The Kier molecular flexibility index (Phi) is 3.32. The van der Waals surface area contributed by atoms with Crippen LogP contribution in [0.5, 0.6) is 0 Å². The van der Waals surface area contributed by atoms with Crippen molar-refractivity contribution in [2.24, 2.45) is 10.8 Å². The molecular formula is C10H12O8. The molecule has 0 spiro atoms. The fourth-order valence-electron chi connectivity index (χ4n) is 2.14. The smallest absolute Gasteiger partial charge is 0.323 e. The molecule has 8 nitrogen and oxygen atoms in total. The van der Waals surface area contributed by atoms with Gasteiger partial charge in [0.2, 0.25) is 0 Å². The highest BCUT2D eigenvalue weighted by Crippen LogP contribution is 2.56. The van der Waals surface area contributed by atoms with Gasteiger partial charge in [-0.2, -0.15) is 0 Å². The minimum atomic E-state index is -2.00. The van der Waals surface area contributed by atoms with E-state index < -0.39 is 47.5 Å². The van der Waals surface area contributed by atoms with Crippen molar-refractivity contribution < 1.29 is 38.9 Å². The number of hydrogen-bond donors (Lipinski definition) is 2. The molecule has 18 heavy (non-hydrogen) atoms. The lowest BCUT2D eigenvalue weighted by atomic mass is 9.52. The second-order valence-electron chi connectivity index (χ2n) is 4.11. The van der Waals surface area contributed by atoms with Gasteiger partial charge in [0.1, 0.15) is 0 Å². The zero-order valence-electron chi connectivity index (χ0n) is 9.76. The van der Waals surface area contributed by atoms with Gasteiger partial charge in [-0.05, 0) is 0 Å². The number of aliphatic carboxylic acids is 2. The highest BCUT2D eigenvalue weighted by molar-refractivity contribution is 6.09. The van der Waals surface area contributed by atoms with E-state index in [1.54, 1.807) is 0 Å².